The van der Waals surface area contributed by atoms with Gasteiger partial charge >= 0.3 is 0 Å². The average molecular weight is 384 g/mol. The molecule has 4 rings (SSSR count). The highest BCUT2D eigenvalue weighted by atomic mass is 35.5. The molecule has 6 nitrogen and oxygen atoms in total. The van der Waals surface area contributed by atoms with Crippen molar-refractivity contribution < 1.29 is 4.79 Å². The van der Waals surface area contributed by atoms with E-state index in [1.54, 1.807) is 11.6 Å². The predicted octanol–water partition coefficient (Wildman–Crippen LogP) is 4.00. The molecular formula is C18H14ClN5OS. The topological polar surface area (TPSA) is 73.8 Å². The molecule has 1 amide bonds. The summed E-state index contributed by atoms with van der Waals surface area (Å²) in [6.07, 6.45) is 1.71. The summed E-state index contributed by atoms with van der Waals surface area (Å²) >= 11 is 7.21. The van der Waals surface area contributed by atoms with Crippen LogP contribution in [0.5, 0.6) is 0 Å². The van der Waals surface area contributed by atoms with Crippen LogP contribution in [0.4, 0.5) is 0 Å². The molecular weight excluding hydrogens is 370 g/mol. The average Bonchev–Trinajstić information content (AvgIpc) is 3.17. The monoisotopic (exact) mass is 383 g/mol. The summed E-state index contributed by atoms with van der Waals surface area (Å²) in [4.78, 5) is 16.4. The molecule has 0 spiro atoms. The molecule has 2 aromatic rings. The number of thioether (sulfide) groups is 1. The van der Waals surface area contributed by atoms with Gasteiger partial charge in [0.15, 0.2) is 11.0 Å². The van der Waals surface area contributed by atoms with Crippen LogP contribution in [0.2, 0.25) is 5.02 Å². The molecule has 3 heterocycles. The van der Waals surface area contributed by atoms with Crippen LogP contribution < -0.4 is 0 Å². The number of benzene rings is 1. The lowest BCUT2D eigenvalue weighted by molar-refractivity contribution is -0.114. The Morgan fingerprint density at radius 1 is 1.23 bits per heavy atom. The number of carbonyl (C=O) groups is 1. The molecule has 1 N–H and O–H groups in total. The van der Waals surface area contributed by atoms with Crippen molar-refractivity contribution in [3.63, 3.8) is 0 Å². The van der Waals surface area contributed by atoms with Crippen molar-refractivity contribution in [2.24, 2.45) is 10.1 Å². The Morgan fingerprint density at radius 2 is 1.96 bits per heavy atom. The molecule has 0 unspecified atom stereocenters. The molecule has 2 aliphatic rings. The molecule has 0 saturated heterocycles. The van der Waals surface area contributed by atoms with Crippen LogP contribution >= 0.6 is 23.4 Å². The molecule has 0 fully saturated rings. The first-order chi connectivity index (χ1) is 12.5. The van der Waals surface area contributed by atoms with Crippen molar-refractivity contribution in [3.05, 3.63) is 57.9 Å². The van der Waals surface area contributed by atoms with E-state index in [4.69, 9.17) is 17.0 Å². The van der Waals surface area contributed by atoms with Gasteiger partial charge in [0, 0.05) is 22.1 Å². The lowest BCUT2D eigenvalue weighted by Crippen LogP contribution is -2.35. The van der Waals surface area contributed by atoms with Crippen LogP contribution in [0.3, 0.4) is 0 Å². The normalized spacial score (nSPS) is 17.9. The fraction of sp³-hybridized carbons (Fsp3) is 0.111. The maximum absolute atomic E-state index is 12.3. The molecule has 0 radical (unpaired) electrons. The number of aryl methyl sites for hydroxylation is 1. The molecule has 0 atom stereocenters. The van der Waals surface area contributed by atoms with Gasteiger partial charge in [0.05, 0.1) is 11.1 Å². The second kappa shape index (κ2) is 6.26. The SMILES string of the molecule is Cc1cc(C=C2C(=N)N3N=CSC3=NC2=O)c(C)n1-c1ccc(Cl)cc1. The van der Waals surface area contributed by atoms with Gasteiger partial charge in [-0.05, 0) is 67.6 Å². The zero-order chi connectivity index (χ0) is 18.4. The molecule has 1 aromatic carbocycles. The fourth-order valence-corrected chi connectivity index (χ4v) is 3.75. The van der Waals surface area contributed by atoms with E-state index >= 15 is 0 Å². The Morgan fingerprint density at radius 3 is 2.69 bits per heavy atom. The van der Waals surface area contributed by atoms with E-state index < -0.39 is 5.91 Å². The number of halogens is 1. The Balaban J connectivity index is 1.78. The maximum atomic E-state index is 12.3. The van der Waals surface area contributed by atoms with Crippen LogP contribution in [0, 0.1) is 19.3 Å². The van der Waals surface area contributed by atoms with Crippen LogP contribution in [0.25, 0.3) is 11.8 Å². The first-order valence-corrected chi connectivity index (χ1v) is 9.09. The number of hydrogen-bond donors (Lipinski definition) is 1. The summed E-state index contributed by atoms with van der Waals surface area (Å²) in [6, 6.07) is 9.55. The van der Waals surface area contributed by atoms with E-state index in [2.05, 4.69) is 14.7 Å². The number of aliphatic imine (C=N–C) groups is 1. The Kier molecular flexibility index (Phi) is 4.05. The number of nitrogens with one attached hydrogen (secondary N) is 1. The van der Waals surface area contributed by atoms with Gasteiger partial charge in [0.25, 0.3) is 5.91 Å². The van der Waals surface area contributed by atoms with Crippen LogP contribution in [0.15, 0.2) is 46.0 Å². The Labute approximate surface area is 159 Å². The number of nitrogens with zero attached hydrogens (tertiary/aromatic N) is 4. The number of hydrazone groups is 1. The summed E-state index contributed by atoms with van der Waals surface area (Å²) in [7, 11) is 0. The standard InChI is InChI=1S/C18H14ClN5OS/c1-10-7-12(11(2)23(10)14-5-3-13(19)4-6-14)8-15-16(20)24-18(22-17(15)25)26-9-21-24/h3-9,20H,1-2H3. The first-order valence-electron chi connectivity index (χ1n) is 7.83. The third kappa shape index (κ3) is 2.69. The first kappa shape index (κ1) is 16.8. The van der Waals surface area contributed by atoms with Gasteiger partial charge in [-0.1, -0.05) is 11.6 Å². The predicted molar refractivity (Wildman–Crippen MR) is 106 cm³/mol. The van der Waals surface area contributed by atoms with Crippen molar-refractivity contribution in [2.75, 3.05) is 0 Å². The van der Waals surface area contributed by atoms with Crippen LogP contribution in [-0.2, 0) is 4.79 Å². The molecule has 26 heavy (non-hydrogen) atoms. The van der Waals surface area contributed by atoms with Crippen molar-refractivity contribution in [2.45, 2.75) is 13.8 Å². The van der Waals surface area contributed by atoms with E-state index in [1.807, 2.05) is 44.2 Å². The van der Waals surface area contributed by atoms with E-state index in [0.29, 0.717) is 10.2 Å². The number of aromatic nitrogens is 1. The lowest BCUT2D eigenvalue weighted by Gasteiger charge is -2.20. The van der Waals surface area contributed by atoms with E-state index in [1.165, 1.54) is 16.8 Å². The number of rotatable bonds is 2. The Bertz CT molecular complexity index is 1030. The molecule has 0 saturated carbocycles. The van der Waals surface area contributed by atoms with E-state index in [-0.39, 0.29) is 11.4 Å². The van der Waals surface area contributed by atoms with E-state index in [0.717, 1.165) is 22.6 Å². The van der Waals surface area contributed by atoms with Crippen molar-refractivity contribution in [3.8, 4) is 5.69 Å². The van der Waals surface area contributed by atoms with Gasteiger partial charge in [-0.15, -0.1) is 0 Å². The van der Waals surface area contributed by atoms with Gasteiger partial charge in [-0.3, -0.25) is 10.2 Å². The largest absolute Gasteiger partial charge is 0.318 e. The van der Waals surface area contributed by atoms with E-state index in [9.17, 15) is 4.79 Å². The third-order valence-corrected chi connectivity index (χ3v) is 5.18. The molecule has 0 aliphatic carbocycles. The number of amides is 1. The summed E-state index contributed by atoms with van der Waals surface area (Å²) in [5.41, 5.74) is 5.62. The smallest absolute Gasteiger partial charge is 0.283 e. The van der Waals surface area contributed by atoms with Gasteiger partial charge < -0.3 is 4.57 Å². The molecule has 130 valence electrons. The van der Waals surface area contributed by atoms with Crippen molar-refractivity contribution >= 4 is 51.9 Å². The highest BCUT2D eigenvalue weighted by molar-refractivity contribution is 8.25. The zero-order valence-corrected chi connectivity index (χ0v) is 15.6. The summed E-state index contributed by atoms with van der Waals surface area (Å²) in [5, 5.41) is 14.8. The quantitative estimate of drug-likeness (QED) is 0.796. The highest BCUT2D eigenvalue weighted by Crippen LogP contribution is 2.28. The number of amidine groups is 2. The number of fused-ring (bicyclic) bond motifs is 1. The molecule has 1 aromatic heterocycles. The van der Waals surface area contributed by atoms with Gasteiger partial charge in [0.2, 0.25) is 0 Å². The van der Waals surface area contributed by atoms with Gasteiger partial charge in [-0.25, -0.2) is 0 Å². The second-order valence-electron chi connectivity index (χ2n) is 5.89. The van der Waals surface area contributed by atoms with Crippen molar-refractivity contribution in [1.82, 2.24) is 9.58 Å². The summed E-state index contributed by atoms with van der Waals surface area (Å²) in [6.45, 7) is 3.97. The van der Waals surface area contributed by atoms with Crippen LogP contribution in [-0.4, -0.2) is 32.0 Å². The third-order valence-electron chi connectivity index (χ3n) is 4.25. The number of carbonyl (C=O) groups excluding carboxylic acids is 1. The van der Waals surface area contributed by atoms with Gasteiger partial charge in [-0.2, -0.15) is 15.1 Å². The van der Waals surface area contributed by atoms with Gasteiger partial charge in [0.1, 0.15) is 0 Å². The minimum atomic E-state index is -0.421. The number of hydrogen-bond acceptors (Lipinski definition) is 4. The minimum absolute atomic E-state index is 0.0394. The summed E-state index contributed by atoms with van der Waals surface area (Å²) < 4.78 is 2.08. The van der Waals surface area contributed by atoms with Crippen LogP contribution in [0.1, 0.15) is 17.0 Å². The minimum Gasteiger partial charge on any atom is -0.318 e. The highest BCUT2D eigenvalue weighted by Gasteiger charge is 2.32. The molecule has 0 bridgehead atoms. The lowest BCUT2D eigenvalue weighted by atomic mass is 10.1. The summed E-state index contributed by atoms with van der Waals surface area (Å²) in [5.74, 6) is -0.381. The Hall–Kier alpha value is -2.64. The molecule has 8 heteroatoms. The molecule has 2 aliphatic heterocycles. The fourth-order valence-electron chi connectivity index (χ4n) is 3.01. The second-order valence-corrected chi connectivity index (χ2v) is 7.14. The zero-order valence-electron chi connectivity index (χ0n) is 14.0. The van der Waals surface area contributed by atoms with Crippen molar-refractivity contribution in [1.29, 1.82) is 5.41 Å². The maximum Gasteiger partial charge on any atom is 0.283 e.